The number of nitrogens with zero attached hydrogens (tertiary/aromatic N) is 3. The Balaban J connectivity index is 1.71. The van der Waals surface area contributed by atoms with Gasteiger partial charge in [-0.1, -0.05) is 56.6 Å². The molecule has 9 heteroatoms. The van der Waals surface area contributed by atoms with Crippen molar-refractivity contribution in [3.8, 4) is 5.69 Å². The quantitative estimate of drug-likeness (QED) is 0.283. The van der Waals surface area contributed by atoms with Crippen LogP contribution in [0.5, 0.6) is 0 Å². The summed E-state index contributed by atoms with van der Waals surface area (Å²) in [6.07, 6.45) is 1.57. The second kappa shape index (κ2) is 11.2. The van der Waals surface area contributed by atoms with Crippen LogP contribution in [0, 0.1) is 13.8 Å². The molecule has 0 fully saturated rings. The summed E-state index contributed by atoms with van der Waals surface area (Å²) < 4.78 is 7.22. The van der Waals surface area contributed by atoms with E-state index in [0.717, 1.165) is 33.6 Å². The molecule has 1 aliphatic rings. The highest BCUT2D eigenvalue weighted by molar-refractivity contribution is 8.00. The molecule has 0 aliphatic carbocycles. The lowest BCUT2D eigenvalue weighted by Gasteiger charge is -2.25. The summed E-state index contributed by atoms with van der Waals surface area (Å²) in [7, 11) is 0. The molecule has 0 saturated carbocycles. The van der Waals surface area contributed by atoms with E-state index in [0.29, 0.717) is 16.6 Å². The number of halogens is 1. The van der Waals surface area contributed by atoms with Crippen molar-refractivity contribution >= 4 is 41.0 Å². The molecular formula is C31H33ClN4O3S. The lowest BCUT2D eigenvalue weighted by Crippen LogP contribution is -2.42. The zero-order valence-electron chi connectivity index (χ0n) is 23.3. The van der Waals surface area contributed by atoms with E-state index in [-0.39, 0.29) is 41.3 Å². The predicted octanol–water partition coefficient (Wildman–Crippen LogP) is 6.52. The fourth-order valence-electron chi connectivity index (χ4n) is 4.94. The first-order valence-corrected chi connectivity index (χ1v) is 14.6. The van der Waals surface area contributed by atoms with Crippen LogP contribution in [0.15, 0.2) is 65.3 Å². The van der Waals surface area contributed by atoms with Gasteiger partial charge >= 0.3 is 0 Å². The Morgan fingerprint density at radius 1 is 1.15 bits per heavy atom. The van der Waals surface area contributed by atoms with Gasteiger partial charge in [0, 0.05) is 16.0 Å². The first-order valence-electron chi connectivity index (χ1n) is 13.2. The summed E-state index contributed by atoms with van der Waals surface area (Å²) in [4.78, 5) is 28.7. The van der Waals surface area contributed by atoms with E-state index >= 15 is 0 Å². The number of benzene rings is 2. The van der Waals surface area contributed by atoms with Crippen molar-refractivity contribution in [1.82, 2.24) is 15.1 Å². The maximum Gasteiger partial charge on any atom is 0.240 e. The lowest BCUT2D eigenvalue weighted by atomic mass is 9.87. The Hall–Kier alpha value is -3.49. The van der Waals surface area contributed by atoms with Gasteiger partial charge in [0.1, 0.15) is 18.1 Å². The second-order valence-electron chi connectivity index (χ2n) is 11.0. The van der Waals surface area contributed by atoms with Gasteiger partial charge in [-0.2, -0.15) is 5.10 Å². The molecule has 0 radical (unpaired) electrons. The van der Waals surface area contributed by atoms with Crippen molar-refractivity contribution < 1.29 is 14.0 Å². The van der Waals surface area contributed by atoms with E-state index in [1.54, 1.807) is 23.3 Å². The summed E-state index contributed by atoms with van der Waals surface area (Å²) in [6.45, 7) is 10.6. The average molecular weight is 577 g/mol. The molecule has 2 amide bonds. The van der Waals surface area contributed by atoms with Crippen LogP contribution in [0.1, 0.15) is 59.7 Å². The molecule has 7 nitrogen and oxygen atoms in total. The molecular weight excluding hydrogens is 544 g/mol. The molecule has 5 rings (SSSR count). The van der Waals surface area contributed by atoms with Crippen LogP contribution in [0.4, 0.5) is 5.82 Å². The highest BCUT2D eigenvalue weighted by Gasteiger charge is 2.40. The number of aryl methyl sites for hydroxylation is 1. The van der Waals surface area contributed by atoms with Gasteiger partial charge in [-0.05, 0) is 60.9 Å². The largest absolute Gasteiger partial charge is 0.467 e. The SMILES string of the molecule is Cc1cccc(-n2nc(C(C)(C)C)c3c2N(CC(=O)NCc2ccco2)C(=O)CS[C@@H]3c2cccc(Cl)c2)c1C. The minimum atomic E-state index is -0.342. The van der Waals surface area contributed by atoms with Crippen LogP contribution in [0.2, 0.25) is 5.02 Å². The summed E-state index contributed by atoms with van der Waals surface area (Å²) >= 11 is 7.97. The topological polar surface area (TPSA) is 80.4 Å². The number of rotatable bonds is 6. The molecule has 0 spiro atoms. The summed E-state index contributed by atoms with van der Waals surface area (Å²) in [5.41, 5.74) is 5.48. The van der Waals surface area contributed by atoms with Crippen LogP contribution < -0.4 is 10.2 Å². The van der Waals surface area contributed by atoms with Crippen LogP contribution in [-0.2, 0) is 21.5 Å². The smallest absolute Gasteiger partial charge is 0.240 e. The van der Waals surface area contributed by atoms with Gasteiger partial charge in [-0.15, -0.1) is 11.8 Å². The molecule has 0 saturated heterocycles. The Kier molecular flexibility index (Phi) is 7.84. The second-order valence-corrected chi connectivity index (χ2v) is 12.6. The first kappa shape index (κ1) is 28.1. The Labute approximate surface area is 243 Å². The van der Waals surface area contributed by atoms with E-state index in [1.807, 2.05) is 41.1 Å². The fourth-order valence-corrected chi connectivity index (χ4v) is 6.32. The number of thioether (sulfide) groups is 1. The number of fused-ring (bicyclic) bond motifs is 1. The molecule has 4 aromatic rings. The minimum absolute atomic E-state index is 0.143. The predicted molar refractivity (Wildman–Crippen MR) is 160 cm³/mol. The van der Waals surface area contributed by atoms with Crippen molar-refractivity contribution in [1.29, 1.82) is 0 Å². The number of carbonyl (C=O) groups excluding carboxylic acids is 2. The molecule has 1 aliphatic heterocycles. The number of amides is 2. The van der Waals surface area contributed by atoms with Crippen molar-refractivity contribution in [2.75, 3.05) is 17.2 Å². The Morgan fingerprint density at radius 3 is 2.62 bits per heavy atom. The van der Waals surface area contributed by atoms with Gasteiger partial charge in [0.05, 0.1) is 35.2 Å². The number of hydrogen-bond donors (Lipinski definition) is 1. The number of furan rings is 1. The zero-order valence-corrected chi connectivity index (χ0v) is 24.9. The standard InChI is InChI=1S/C31H33ClN4O3S/c1-19-9-6-13-24(20(19)2)36-30-27(29(34-36)31(3,4)5)28(21-10-7-11-22(32)15-21)40-18-26(38)35(30)17-25(37)33-16-23-12-8-14-39-23/h6-15,28H,16-18H2,1-5H3,(H,33,37)/t28-/m1/s1. The normalized spacial score (nSPS) is 15.6. The van der Waals surface area contributed by atoms with Crippen molar-refractivity contribution in [2.24, 2.45) is 0 Å². The number of nitrogens with one attached hydrogen (secondary N) is 1. The van der Waals surface area contributed by atoms with Gasteiger partial charge in [-0.25, -0.2) is 4.68 Å². The van der Waals surface area contributed by atoms with E-state index in [2.05, 4.69) is 46.0 Å². The summed E-state index contributed by atoms with van der Waals surface area (Å²) in [5, 5.41) is 8.50. The highest BCUT2D eigenvalue weighted by atomic mass is 35.5. The first-order chi connectivity index (χ1) is 19.0. The number of hydrogen-bond acceptors (Lipinski definition) is 5. The van der Waals surface area contributed by atoms with Crippen LogP contribution in [0.25, 0.3) is 5.69 Å². The summed E-state index contributed by atoms with van der Waals surface area (Å²) in [5.74, 6) is 1.02. The Bertz CT molecular complexity index is 1560. The van der Waals surface area contributed by atoms with E-state index in [4.69, 9.17) is 21.1 Å². The van der Waals surface area contributed by atoms with E-state index < -0.39 is 0 Å². The monoisotopic (exact) mass is 576 g/mol. The molecule has 0 bridgehead atoms. The molecule has 40 heavy (non-hydrogen) atoms. The van der Waals surface area contributed by atoms with Crippen LogP contribution >= 0.6 is 23.4 Å². The molecule has 3 heterocycles. The third-order valence-electron chi connectivity index (χ3n) is 7.10. The van der Waals surface area contributed by atoms with Gasteiger partial charge in [0.2, 0.25) is 11.8 Å². The lowest BCUT2D eigenvalue weighted by molar-refractivity contribution is -0.123. The number of anilines is 1. The molecule has 1 N–H and O–H groups in total. The molecule has 2 aromatic heterocycles. The molecule has 208 valence electrons. The maximum atomic E-state index is 13.8. The zero-order chi connectivity index (χ0) is 28.6. The van der Waals surface area contributed by atoms with E-state index in [9.17, 15) is 9.59 Å². The van der Waals surface area contributed by atoms with Crippen LogP contribution in [0.3, 0.4) is 0 Å². The van der Waals surface area contributed by atoms with Crippen molar-refractivity contribution in [3.05, 3.63) is 99.6 Å². The van der Waals surface area contributed by atoms with Crippen LogP contribution in [-0.4, -0.2) is 33.9 Å². The van der Waals surface area contributed by atoms with Gasteiger partial charge in [0.15, 0.2) is 0 Å². The van der Waals surface area contributed by atoms with E-state index in [1.165, 1.54) is 11.8 Å². The van der Waals surface area contributed by atoms with Gasteiger partial charge < -0.3 is 9.73 Å². The minimum Gasteiger partial charge on any atom is -0.467 e. The van der Waals surface area contributed by atoms with Crippen molar-refractivity contribution in [3.63, 3.8) is 0 Å². The maximum absolute atomic E-state index is 13.8. The highest BCUT2D eigenvalue weighted by Crippen LogP contribution is 2.48. The van der Waals surface area contributed by atoms with Gasteiger partial charge in [0.25, 0.3) is 0 Å². The van der Waals surface area contributed by atoms with Crippen molar-refractivity contribution in [2.45, 2.75) is 51.8 Å². The third-order valence-corrected chi connectivity index (χ3v) is 8.59. The number of carbonyl (C=O) groups is 2. The third kappa shape index (κ3) is 5.56. The Morgan fingerprint density at radius 2 is 1.93 bits per heavy atom. The molecule has 0 unspecified atom stereocenters. The van der Waals surface area contributed by atoms with Gasteiger partial charge in [-0.3, -0.25) is 14.5 Å². The molecule has 2 aromatic carbocycles. The molecule has 1 atom stereocenters. The number of aromatic nitrogens is 2. The summed E-state index contributed by atoms with van der Waals surface area (Å²) in [6, 6.07) is 17.4. The average Bonchev–Trinajstić information content (AvgIpc) is 3.53. The fraction of sp³-hybridized carbons (Fsp3) is 0.323.